The summed E-state index contributed by atoms with van der Waals surface area (Å²) in [7, 11) is 3.09. The van der Waals surface area contributed by atoms with Crippen molar-refractivity contribution >= 4 is 17.5 Å². The van der Waals surface area contributed by atoms with Gasteiger partial charge in [-0.1, -0.05) is 30.3 Å². The van der Waals surface area contributed by atoms with Crippen LogP contribution in [0.1, 0.15) is 33.5 Å². The molecule has 0 radical (unpaired) electrons. The number of Topliss-reactive ketones (excluding diaryl/α,β-unsaturated/α-hetero) is 2. The number of phenolic OH excluding ortho intramolecular Hbond substituents is 1. The van der Waals surface area contributed by atoms with Gasteiger partial charge in [-0.25, -0.2) is 4.39 Å². The molecule has 0 spiro atoms. The molecule has 41 heavy (non-hydrogen) atoms. The largest absolute Gasteiger partial charge is 0.510 e. The maximum absolute atomic E-state index is 15.8. The number of carbonyl (C=O) groups excluding carboxylic acids is 3. The SMILES string of the molecule is CN(C)[C@@H]1C(O)=C(C(N)=O)C(=O)[C@@]2(O)C(O)=C3C(=O)c4c(O)cc(CNCCc5ccccc5)c(F)c4C[C@H]3C[C@@H]12. The molecular weight excluding hydrogens is 533 g/mol. The first kappa shape index (κ1) is 28.5. The number of aliphatic hydroxyl groups is 3. The van der Waals surface area contributed by atoms with Crippen LogP contribution in [0.2, 0.25) is 0 Å². The minimum Gasteiger partial charge on any atom is -0.510 e. The molecule has 4 atom stereocenters. The first-order chi connectivity index (χ1) is 19.4. The lowest BCUT2D eigenvalue weighted by Gasteiger charge is -2.50. The molecule has 10 nitrogen and oxygen atoms in total. The third kappa shape index (κ3) is 4.41. The van der Waals surface area contributed by atoms with Gasteiger partial charge < -0.3 is 31.5 Å². The van der Waals surface area contributed by atoms with E-state index < -0.39 is 69.6 Å². The number of amides is 1. The Morgan fingerprint density at radius 3 is 2.49 bits per heavy atom. The second-order valence-electron chi connectivity index (χ2n) is 11.1. The quantitative estimate of drug-likeness (QED) is 0.215. The van der Waals surface area contributed by atoms with Crippen LogP contribution >= 0.6 is 0 Å². The number of halogens is 1. The molecule has 0 aliphatic heterocycles. The Bertz CT molecular complexity index is 1520. The zero-order chi connectivity index (χ0) is 29.8. The van der Waals surface area contributed by atoms with Crippen molar-refractivity contribution in [1.82, 2.24) is 10.2 Å². The third-order valence-corrected chi connectivity index (χ3v) is 8.48. The second kappa shape index (κ2) is 10.4. The Kier molecular flexibility index (Phi) is 7.22. The monoisotopic (exact) mass is 565 g/mol. The highest BCUT2D eigenvalue weighted by molar-refractivity contribution is 6.24. The van der Waals surface area contributed by atoms with Crippen LogP contribution in [-0.2, 0) is 29.0 Å². The van der Waals surface area contributed by atoms with Gasteiger partial charge in [0, 0.05) is 29.2 Å². The summed E-state index contributed by atoms with van der Waals surface area (Å²) in [6, 6.07) is 9.78. The predicted octanol–water partition coefficient (Wildman–Crippen LogP) is 1.59. The zero-order valence-corrected chi connectivity index (χ0v) is 22.6. The molecule has 0 bridgehead atoms. The summed E-state index contributed by atoms with van der Waals surface area (Å²) < 4.78 is 15.8. The fraction of sp³-hybridized carbons (Fsp3) is 0.367. The van der Waals surface area contributed by atoms with Gasteiger partial charge >= 0.3 is 0 Å². The molecule has 3 aliphatic carbocycles. The number of likely N-dealkylation sites (N-methyl/N-ethyl adjacent to an activating group) is 1. The van der Waals surface area contributed by atoms with E-state index in [4.69, 9.17) is 5.73 Å². The van der Waals surface area contributed by atoms with Crippen LogP contribution in [-0.4, -0.2) is 75.1 Å². The highest BCUT2D eigenvalue weighted by Crippen LogP contribution is 2.52. The van der Waals surface area contributed by atoms with Gasteiger partial charge in [0.25, 0.3) is 5.91 Å². The normalized spacial score (nSPS) is 25.7. The number of aliphatic hydroxyl groups excluding tert-OH is 2. The van der Waals surface area contributed by atoms with E-state index in [1.165, 1.54) is 4.90 Å². The second-order valence-corrected chi connectivity index (χ2v) is 11.1. The summed E-state index contributed by atoms with van der Waals surface area (Å²) in [4.78, 5) is 40.5. The maximum Gasteiger partial charge on any atom is 0.255 e. The summed E-state index contributed by atoms with van der Waals surface area (Å²) in [6.45, 7) is 0.647. The van der Waals surface area contributed by atoms with Gasteiger partial charge in [0.2, 0.25) is 5.78 Å². The van der Waals surface area contributed by atoms with E-state index in [0.29, 0.717) is 13.0 Å². The lowest BCUT2D eigenvalue weighted by atomic mass is 9.58. The average molecular weight is 566 g/mol. The van der Waals surface area contributed by atoms with Crippen molar-refractivity contribution in [1.29, 1.82) is 0 Å². The average Bonchev–Trinajstić information content (AvgIpc) is 2.91. The van der Waals surface area contributed by atoms with Crippen LogP contribution in [0.5, 0.6) is 5.75 Å². The first-order valence-electron chi connectivity index (χ1n) is 13.3. The Balaban J connectivity index is 1.50. The molecule has 0 fully saturated rings. The van der Waals surface area contributed by atoms with Gasteiger partial charge in [-0.15, -0.1) is 0 Å². The standard InChI is InChI=1S/C30H32FN3O7/c1-34(2)24-18-11-15-10-17-21(19(35)12-16(23(17)31)13-33-9-8-14-6-4-3-5-7-14)25(36)20(15)27(38)30(18,41)28(39)22(26(24)37)29(32)40/h3-7,12,15,18,24,33,35,37-38,41H,8-11,13H2,1-2H3,(H2,32,40)/t15-,18-,24-,30-/m0/s1. The number of aromatic hydroxyl groups is 1. The zero-order valence-electron chi connectivity index (χ0n) is 22.6. The number of nitrogens with zero attached hydrogens (tertiary/aromatic N) is 1. The minimum absolute atomic E-state index is 0.0250. The number of nitrogens with one attached hydrogen (secondary N) is 1. The molecule has 5 rings (SSSR count). The number of ketones is 2. The van der Waals surface area contributed by atoms with Crippen molar-refractivity contribution in [3.05, 3.63) is 87.1 Å². The number of hydrogen-bond acceptors (Lipinski definition) is 9. The first-order valence-corrected chi connectivity index (χ1v) is 13.3. The van der Waals surface area contributed by atoms with E-state index in [0.717, 1.165) is 11.6 Å². The summed E-state index contributed by atoms with van der Waals surface area (Å²) in [5.74, 6) is -8.34. The molecule has 0 unspecified atom stereocenters. The number of allylic oxidation sites excluding steroid dienone is 1. The van der Waals surface area contributed by atoms with E-state index in [9.17, 15) is 34.8 Å². The van der Waals surface area contributed by atoms with E-state index in [1.54, 1.807) is 14.1 Å². The fourth-order valence-corrected chi connectivity index (χ4v) is 6.58. The summed E-state index contributed by atoms with van der Waals surface area (Å²) in [5.41, 5.74) is 2.29. The molecule has 0 heterocycles. The van der Waals surface area contributed by atoms with E-state index in [1.807, 2.05) is 30.3 Å². The van der Waals surface area contributed by atoms with Crippen molar-refractivity contribution in [2.24, 2.45) is 17.6 Å². The molecule has 0 saturated heterocycles. The van der Waals surface area contributed by atoms with Gasteiger partial charge in [-0.2, -0.15) is 0 Å². The number of fused-ring (bicyclic) bond motifs is 3. The Labute approximate surface area is 235 Å². The van der Waals surface area contributed by atoms with Crippen LogP contribution < -0.4 is 11.1 Å². The number of carbonyl (C=O) groups is 3. The summed E-state index contributed by atoms with van der Waals surface area (Å²) >= 11 is 0. The molecule has 0 saturated carbocycles. The number of benzene rings is 2. The van der Waals surface area contributed by atoms with Crippen molar-refractivity contribution in [3.63, 3.8) is 0 Å². The number of primary amides is 1. The number of rotatable bonds is 7. The number of nitrogens with two attached hydrogens (primary N) is 1. The Morgan fingerprint density at radius 1 is 1.17 bits per heavy atom. The minimum atomic E-state index is -2.73. The van der Waals surface area contributed by atoms with E-state index in [-0.39, 0.29) is 41.6 Å². The molecule has 2 aromatic rings. The van der Waals surface area contributed by atoms with E-state index >= 15 is 4.39 Å². The molecule has 11 heteroatoms. The Hall–Kier alpha value is -4.06. The third-order valence-electron chi connectivity index (χ3n) is 8.48. The molecule has 0 aromatic heterocycles. The highest BCUT2D eigenvalue weighted by atomic mass is 19.1. The smallest absolute Gasteiger partial charge is 0.255 e. The molecule has 216 valence electrons. The summed E-state index contributed by atoms with van der Waals surface area (Å²) in [5, 5.41) is 47.7. The van der Waals surface area contributed by atoms with Crippen molar-refractivity contribution < 1.29 is 39.2 Å². The van der Waals surface area contributed by atoms with Crippen LogP contribution in [0.25, 0.3) is 0 Å². The van der Waals surface area contributed by atoms with Gasteiger partial charge in [0.15, 0.2) is 11.4 Å². The predicted molar refractivity (Wildman–Crippen MR) is 145 cm³/mol. The van der Waals surface area contributed by atoms with Gasteiger partial charge in [-0.3, -0.25) is 19.3 Å². The molecule has 1 amide bonds. The van der Waals surface area contributed by atoms with Crippen LogP contribution in [0.15, 0.2) is 59.1 Å². The fourth-order valence-electron chi connectivity index (χ4n) is 6.58. The van der Waals surface area contributed by atoms with Gasteiger partial charge in [-0.05, 0) is 57.5 Å². The molecule has 7 N–H and O–H groups in total. The van der Waals surface area contributed by atoms with Gasteiger partial charge in [0.1, 0.15) is 28.7 Å². The summed E-state index contributed by atoms with van der Waals surface area (Å²) in [6.07, 6.45) is 0.500. The maximum atomic E-state index is 15.8. The lowest BCUT2D eigenvalue weighted by Crippen LogP contribution is -2.63. The number of phenols is 1. The number of hydrogen-bond donors (Lipinski definition) is 6. The van der Waals surface area contributed by atoms with Crippen molar-refractivity contribution in [2.75, 3.05) is 20.6 Å². The van der Waals surface area contributed by atoms with Crippen LogP contribution in [0.3, 0.4) is 0 Å². The lowest BCUT2D eigenvalue weighted by molar-refractivity contribution is -0.148. The van der Waals surface area contributed by atoms with Crippen molar-refractivity contribution in [3.8, 4) is 5.75 Å². The topological polar surface area (TPSA) is 173 Å². The molecule has 3 aliphatic rings. The van der Waals surface area contributed by atoms with Gasteiger partial charge in [0.05, 0.1) is 11.6 Å². The van der Waals surface area contributed by atoms with Crippen LogP contribution in [0, 0.1) is 17.7 Å². The Morgan fingerprint density at radius 2 is 1.85 bits per heavy atom. The highest BCUT2D eigenvalue weighted by Gasteiger charge is 2.63. The van der Waals surface area contributed by atoms with Crippen molar-refractivity contribution in [2.45, 2.75) is 37.5 Å². The van der Waals surface area contributed by atoms with E-state index in [2.05, 4.69) is 5.32 Å². The molecular formula is C30H32FN3O7. The molecule has 2 aromatic carbocycles. The van der Waals surface area contributed by atoms with Crippen LogP contribution in [0.4, 0.5) is 4.39 Å².